The molecule has 3 N–H and O–H groups in total. The van der Waals surface area contributed by atoms with Gasteiger partial charge in [-0.05, 0) is 33.1 Å². The molecule has 1 unspecified atom stereocenters. The zero-order valence-electron chi connectivity index (χ0n) is 10.6. The molecule has 0 amide bonds. The molecule has 106 valence electrons. The van der Waals surface area contributed by atoms with Gasteiger partial charge in [0.25, 0.3) is 0 Å². The number of rotatable bonds is 11. The molecule has 0 spiro atoms. The lowest BCUT2D eigenvalue weighted by Crippen LogP contribution is -2.22. The zero-order valence-corrected chi connectivity index (χ0v) is 12.3. The topological polar surface area (TPSA) is 102 Å². The van der Waals surface area contributed by atoms with Gasteiger partial charge in [0, 0.05) is 45.0 Å². The van der Waals surface area contributed by atoms with Gasteiger partial charge >= 0.3 is 5.97 Å². The predicted molar refractivity (Wildman–Crippen MR) is 74.8 cm³/mol. The third-order valence-electron chi connectivity index (χ3n) is 2.35. The fourth-order valence-corrected chi connectivity index (χ4v) is 3.13. The number of carbonyl (C=O) groups is 1. The summed E-state index contributed by atoms with van der Waals surface area (Å²) in [5, 5.41) is 8.59. The van der Waals surface area contributed by atoms with Gasteiger partial charge in [-0.1, -0.05) is 6.42 Å². The van der Waals surface area contributed by atoms with Crippen LogP contribution < -0.4 is 5.90 Å². The third kappa shape index (κ3) is 9.69. The number of hydrogen-bond donors (Lipinski definition) is 2. The van der Waals surface area contributed by atoms with Crippen molar-refractivity contribution in [3.63, 3.8) is 0 Å². The summed E-state index contributed by atoms with van der Waals surface area (Å²) in [5.41, 5.74) is 0. The second-order valence-corrected chi connectivity index (χ2v) is 7.08. The summed E-state index contributed by atoms with van der Waals surface area (Å²) in [6, 6.07) is 0. The van der Waals surface area contributed by atoms with Crippen LogP contribution in [0.3, 0.4) is 0 Å². The quantitative estimate of drug-likeness (QED) is 0.198. The number of carboxylic acid groups (broad SMARTS) is 1. The van der Waals surface area contributed by atoms with Gasteiger partial charge in [0.15, 0.2) is 0 Å². The Morgan fingerprint density at radius 2 is 2.17 bits per heavy atom. The molecule has 0 radical (unpaired) electrons. The van der Waals surface area contributed by atoms with Crippen LogP contribution >= 0.6 is 24.0 Å². The number of carboxylic acids is 1. The van der Waals surface area contributed by atoms with Crippen molar-refractivity contribution in [3.8, 4) is 0 Å². The van der Waals surface area contributed by atoms with E-state index in [1.54, 1.807) is 0 Å². The largest absolute Gasteiger partial charge is 0.481 e. The molecular weight excluding hydrogens is 276 g/mol. The summed E-state index contributed by atoms with van der Waals surface area (Å²) in [6.45, 7) is 3.94. The Labute approximate surface area is 116 Å². The van der Waals surface area contributed by atoms with Crippen LogP contribution in [0.1, 0.15) is 46.0 Å². The van der Waals surface area contributed by atoms with Gasteiger partial charge in [0.05, 0.1) is 0 Å². The molecule has 1 atom stereocenters. The molecule has 6 nitrogen and oxygen atoms in total. The Morgan fingerprint density at radius 3 is 2.67 bits per heavy atom. The molecule has 18 heavy (non-hydrogen) atoms. The number of unbranched alkanes of at least 4 members (excludes halogenated alkanes) is 1. The minimum Gasteiger partial charge on any atom is -0.481 e. The zero-order chi connectivity index (χ0) is 14.0. The SMILES string of the molecule is CC(C)(CC(CCCCC(=O)O)SN=O)SON. The first-order valence-electron chi connectivity index (χ1n) is 5.66. The van der Waals surface area contributed by atoms with Crippen LogP contribution in [0.5, 0.6) is 0 Å². The standard InChI is InChI=1S/C10H20N2O4S2/c1-10(2,18-16-11)7-8(17-12-15)5-3-4-6-9(13)14/h8H,3-7,11H2,1-2H3,(H,13,14). The lowest BCUT2D eigenvalue weighted by Gasteiger charge is -2.25. The molecule has 0 aromatic heterocycles. The first-order chi connectivity index (χ1) is 8.41. The van der Waals surface area contributed by atoms with Gasteiger partial charge in [-0.25, -0.2) is 10.2 Å². The van der Waals surface area contributed by atoms with E-state index < -0.39 is 5.97 Å². The summed E-state index contributed by atoms with van der Waals surface area (Å²) >= 11 is 2.16. The lowest BCUT2D eigenvalue weighted by molar-refractivity contribution is -0.137. The van der Waals surface area contributed by atoms with E-state index in [0.29, 0.717) is 6.42 Å². The monoisotopic (exact) mass is 296 g/mol. The Morgan fingerprint density at radius 1 is 1.50 bits per heavy atom. The van der Waals surface area contributed by atoms with Crippen molar-refractivity contribution < 1.29 is 14.2 Å². The van der Waals surface area contributed by atoms with Gasteiger partial charge in [0.1, 0.15) is 0 Å². The van der Waals surface area contributed by atoms with Crippen molar-refractivity contribution in [1.82, 2.24) is 0 Å². The molecular formula is C10H20N2O4S2. The number of aliphatic carboxylic acids is 1. The maximum absolute atomic E-state index is 10.4. The maximum atomic E-state index is 10.4. The van der Waals surface area contributed by atoms with E-state index in [0.717, 1.165) is 43.3 Å². The Bertz CT molecular complexity index is 264. The van der Waals surface area contributed by atoms with Gasteiger partial charge in [0.2, 0.25) is 0 Å². The van der Waals surface area contributed by atoms with E-state index >= 15 is 0 Å². The Kier molecular flexibility index (Phi) is 9.43. The first kappa shape index (κ1) is 17.7. The number of nitrogens with two attached hydrogens (primary N) is 1. The highest BCUT2D eigenvalue weighted by Gasteiger charge is 2.25. The molecule has 0 fully saturated rings. The van der Waals surface area contributed by atoms with E-state index in [1.807, 2.05) is 13.8 Å². The smallest absolute Gasteiger partial charge is 0.303 e. The molecule has 0 aliphatic carbocycles. The molecule has 0 rings (SSSR count). The minimum absolute atomic E-state index is 0.0638. The summed E-state index contributed by atoms with van der Waals surface area (Å²) in [7, 11) is 0. The molecule has 0 saturated carbocycles. The van der Waals surface area contributed by atoms with Crippen LogP contribution in [0.15, 0.2) is 4.58 Å². The van der Waals surface area contributed by atoms with Crippen LogP contribution in [0.2, 0.25) is 0 Å². The Balaban J connectivity index is 4.05. The highest BCUT2D eigenvalue weighted by molar-refractivity contribution is 7.98. The van der Waals surface area contributed by atoms with Crippen molar-refractivity contribution in [2.45, 2.75) is 55.9 Å². The van der Waals surface area contributed by atoms with Crippen LogP contribution in [-0.4, -0.2) is 21.1 Å². The fraction of sp³-hybridized carbons (Fsp3) is 0.900. The van der Waals surface area contributed by atoms with Gasteiger partial charge in [-0.15, -0.1) is 4.91 Å². The van der Waals surface area contributed by atoms with Crippen molar-refractivity contribution >= 4 is 30.0 Å². The average Bonchev–Trinajstić information content (AvgIpc) is 2.23. The van der Waals surface area contributed by atoms with E-state index in [-0.39, 0.29) is 16.4 Å². The van der Waals surface area contributed by atoms with E-state index in [9.17, 15) is 9.70 Å². The molecule has 0 aliphatic heterocycles. The second-order valence-electron chi connectivity index (χ2n) is 4.58. The normalized spacial score (nSPS) is 13.3. The summed E-state index contributed by atoms with van der Waals surface area (Å²) < 4.78 is 7.22. The maximum Gasteiger partial charge on any atom is 0.303 e. The lowest BCUT2D eigenvalue weighted by atomic mass is 10.0. The number of nitrogens with zero attached hydrogens (tertiary/aromatic N) is 1. The highest BCUT2D eigenvalue weighted by atomic mass is 32.2. The van der Waals surface area contributed by atoms with Crippen molar-refractivity contribution in [3.05, 3.63) is 4.91 Å². The van der Waals surface area contributed by atoms with Gasteiger partial charge in [-0.2, -0.15) is 0 Å². The number of nitroso groups, excluding NO2 is 1. The molecule has 8 heteroatoms. The molecule has 0 bridgehead atoms. The van der Waals surface area contributed by atoms with Gasteiger partial charge < -0.3 is 5.11 Å². The third-order valence-corrected chi connectivity index (χ3v) is 3.85. The van der Waals surface area contributed by atoms with Crippen LogP contribution in [0.25, 0.3) is 0 Å². The average molecular weight is 296 g/mol. The predicted octanol–water partition coefficient (Wildman–Crippen LogP) is 3.12. The Hall–Kier alpha value is -0.310. The van der Waals surface area contributed by atoms with E-state index in [4.69, 9.17) is 11.0 Å². The van der Waals surface area contributed by atoms with E-state index in [2.05, 4.69) is 8.87 Å². The van der Waals surface area contributed by atoms with Crippen molar-refractivity contribution in [1.29, 1.82) is 0 Å². The summed E-state index contributed by atoms with van der Waals surface area (Å²) in [5.74, 6) is 4.23. The van der Waals surface area contributed by atoms with Crippen molar-refractivity contribution in [2.24, 2.45) is 10.5 Å². The number of hydrogen-bond acceptors (Lipinski definition) is 7. The summed E-state index contributed by atoms with van der Waals surface area (Å²) in [6.07, 6.45) is 3.03. The van der Waals surface area contributed by atoms with Crippen LogP contribution in [0.4, 0.5) is 0 Å². The molecule has 0 saturated heterocycles. The first-order valence-corrected chi connectivity index (χ1v) is 7.24. The highest BCUT2D eigenvalue weighted by Crippen LogP contribution is 2.35. The molecule has 0 aromatic rings. The van der Waals surface area contributed by atoms with Gasteiger partial charge in [-0.3, -0.25) is 4.79 Å². The van der Waals surface area contributed by atoms with Crippen molar-refractivity contribution in [2.75, 3.05) is 0 Å². The summed E-state index contributed by atoms with van der Waals surface area (Å²) in [4.78, 5) is 20.7. The molecule has 0 aromatic carbocycles. The molecule has 0 aliphatic rings. The second kappa shape index (κ2) is 9.60. The molecule has 0 heterocycles. The van der Waals surface area contributed by atoms with Crippen LogP contribution in [-0.2, 0) is 9.08 Å². The fourth-order valence-electron chi connectivity index (χ4n) is 1.61. The van der Waals surface area contributed by atoms with Crippen LogP contribution in [0, 0.1) is 4.91 Å². The minimum atomic E-state index is -0.792. The van der Waals surface area contributed by atoms with E-state index in [1.165, 1.54) is 0 Å².